The summed E-state index contributed by atoms with van der Waals surface area (Å²) < 4.78 is 0. The van der Waals surface area contributed by atoms with Crippen molar-refractivity contribution in [2.45, 2.75) is 6.92 Å². The summed E-state index contributed by atoms with van der Waals surface area (Å²) >= 11 is 0. The van der Waals surface area contributed by atoms with Crippen molar-refractivity contribution in [1.29, 1.82) is 0 Å². The summed E-state index contributed by atoms with van der Waals surface area (Å²) in [6.45, 7) is 6.98. The number of pyridine rings is 1. The van der Waals surface area contributed by atoms with Crippen LogP contribution in [0.4, 0.5) is 5.82 Å². The lowest BCUT2D eigenvalue weighted by molar-refractivity contribution is -0.136. The van der Waals surface area contributed by atoms with Crippen LogP contribution in [0, 0.1) is 6.92 Å². The molecular weight excluding hydrogens is 270 g/mol. The molecular formula is C14H21N5O2. The van der Waals surface area contributed by atoms with Crippen LogP contribution in [0.2, 0.25) is 0 Å². The van der Waals surface area contributed by atoms with Crippen LogP contribution in [0.25, 0.3) is 0 Å². The Balaban J connectivity index is 1.71. The summed E-state index contributed by atoms with van der Waals surface area (Å²) in [4.78, 5) is 29.6. The van der Waals surface area contributed by atoms with E-state index in [0.29, 0.717) is 12.4 Å². The normalized spacial score (nSPS) is 15.5. The zero-order valence-electron chi connectivity index (χ0n) is 12.2. The van der Waals surface area contributed by atoms with Crippen LogP contribution in [0.1, 0.15) is 5.56 Å². The average molecular weight is 291 g/mol. The van der Waals surface area contributed by atoms with Gasteiger partial charge in [-0.05, 0) is 24.6 Å². The van der Waals surface area contributed by atoms with Crippen LogP contribution in [0.5, 0.6) is 0 Å². The molecule has 0 saturated carbocycles. The van der Waals surface area contributed by atoms with Gasteiger partial charge in [0.2, 0.25) is 0 Å². The number of piperazine rings is 1. The molecule has 2 amide bonds. The number of aryl methyl sites for hydroxylation is 1. The van der Waals surface area contributed by atoms with Crippen LogP contribution in [0.15, 0.2) is 18.3 Å². The quantitative estimate of drug-likeness (QED) is 0.642. The third-order valence-electron chi connectivity index (χ3n) is 3.29. The SMILES string of the molecule is Cc1ccnc(NC(=O)C(=O)NCCN2CCNCC2)c1. The second-order valence-corrected chi connectivity index (χ2v) is 5.02. The molecule has 1 aliphatic heterocycles. The molecule has 1 fully saturated rings. The fourth-order valence-corrected chi connectivity index (χ4v) is 2.12. The summed E-state index contributed by atoms with van der Waals surface area (Å²) in [6, 6.07) is 3.54. The Bertz CT molecular complexity index is 500. The van der Waals surface area contributed by atoms with Gasteiger partial charge < -0.3 is 16.0 Å². The number of carbonyl (C=O) groups is 2. The van der Waals surface area contributed by atoms with Crippen molar-refractivity contribution in [2.24, 2.45) is 0 Å². The van der Waals surface area contributed by atoms with E-state index in [0.717, 1.165) is 38.3 Å². The van der Waals surface area contributed by atoms with Crippen molar-refractivity contribution in [3.8, 4) is 0 Å². The highest BCUT2D eigenvalue weighted by Crippen LogP contribution is 2.04. The third-order valence-corrected chi connectivity index (χ3v) is 3.29. The molecule has 1 saturated heterocycles. The molecule has 0 radical (unpaired) electrons. The van der Waals surface area contributed by atoms with Crippen molar-refractivity contribution in [3.05, 3.63) is 23.9 Å². The number of anilines is 1. The molecule has 2 heterocycles. The van der Waals surface area contributed by atoms with Crippen LogP contribution in [-0.4, -0.2) is 61.0 Å². The summed E-state index contributed by atoms with van der Waals surface area (Å²) in [5.41, 5.74) is 0.972. The Morgan fingerprint density at radius 1 is 1.33 bits per heavy atom. The molecule has 114 valence electrons. The van der Waals surface area contributed by atoms with Crippen molar-refractivity contribution < 1.29 is 9.59 Å². The lowest BCUT2D eigenvalue weighted by Crippen LogP contribution is -2.47. The summed E-state index contributed by atoms with van der Waals surface area (Å²) in [5.74, 6) is -0.931. The van der Waals surface area contributed by atoms with Crippen molar-refractivity contribution in [1.82, 2.24) is 20.5 Å². The fraction of sp³-hybridized carbons (Fsp3) is 0.500. The number of amides is 2. The zero-order chi connectivity index (χ0) is 15.1. The first-order valence-corrected chi connectivity index (χ1v) is 7.10. The molecule has 0 spiro atoms. The van der Waals surface area contributed by atoms with Crippen LogP contribution in [-0.2, 0) is 9.59 Å². The first kappa shape index (κ1) is 15.4. The standard InChI is InChI=1S/C14H21N5O2/c1-11-2-3-16-12(10-11)18-14(21)13(20)17-6-9-19-7-4-15-5-8-19/h2-3,10,15H,4-9H2,1H3,(H,17,20)(H,16,18,21). The molecule has 0 atom stereocenters. The Morgan fingerprint density at radius 2 is 2.10 bits per heavy atom. The Morgan fingerprint density at radius 3 is 2.81 bits per heavy atom. The highest BCUT2D eigenvalue weighted by Gasteiger charge is 2.15. The maximum Gasteiger partial charge on any atom is 0.314 e. The number of nitrogens with zero attached hydrogens (tertiary/aromatic N) is 2. The van der Waals surface area contributed by atoms with E-state index in [1.807, 2.05) is 13.0 Å². The summed E-state index contributed by atoms with van der Waals surface area (Å²) in [6.07, 6.45) is 1.59. The van der Waals surface area contributed by atoms with Gasteiger partial charge in [0.15, 0.2) is 0 Å². The highest BCUT2D eigenvalue weighted by atomic mass is 16.2. The van der Waals surface area contributed by atoms with Gasteiger partial charge in [0.25, 0.3) is 0 Å². The van der Waals surface area contributed by atoms with Gasteiger partial charge in [-0.2, -0.15) is 0 Å². The molecule has 1 aromatic heterocycles. The Kier molecular flexibility index (Phi) is 5.65. The largest absolute Gasteiger partial charge is 0.347 e. The van der Waals surface area contributed by atoms with Crippen molar-refractivity contribution in [2.75, 3.05) is 44.6 Å². The minimum atomic E-state index is -0.687. The van der Waals surface area contributed by atoms with E-state index in [9.17, 15) is 9.59 Å². The number of hydrogen-bond acceptors (Lipinski definition) is 5. The lowest BCUT2D eigenvalue weighted by atomic mass is 10.3. The smallest absolute Gasteiger partial charge is 0.314 e. The Labute approximate surface area is 124 Å². The molecule has 1 aromatic rings. The van der Waals surface area contributed by atoms with Crippen LogP contribution >= 0.6 is 0 Å². The predicted molar refractivity (Wildman–Crippen MR) is 79.9 cm³/mol. The van der Waals surface area contributed by atoms with E-state index in [1.54, 1.807) is 12.3 Å². The second-order valence-electron chi connectivity index (χ2n) is 5.02. The third kappa shape index (κ3) is 5.13. The van der Waals surface area contributed by atoms with Crippen molar-refractivity contribution in [3.63, 3.8) is 0 Å². The molecule has 0 aliphatic carbocycles. The molecule has 7 nitrogen and oxygen atoms in total. The van der Waals surface area contributed by atoms with Gasteiger partial charge in [-0.3, -0.25) is 14.5 Å². The highest BCUT2D eigenvalue weighted by molar-refractivity contribution is 6.39. The van der Waals surface area contributed by atoms with E-state index < -0.39 is 11.8 Å². The molecule has 7 heteroatoms. The number of nitrogens with one attached hydrogen (secondary N) is 3. The molecule has 1 aliphatic rings. The first-order chi connectivity index (χ1) is 10.1. The zero-order valence-corrected chi connectivity index (χ0v) is 12.2. The van der Waals surface area contributed by atoms with Gasteiger partial charge in [0.1, 0.15) is 5.82 Å². The van der Waals surface area contributed by atoms with E-state index in [-0.39, 0.29) is 0 Å². The summed E-state index contributed by atoms with van der Waals surface area (Å²) in [7, 11) is 0. The maximum atomic E-state index is 11.7. The van der Waals surface area contributed by atoms with Gasteiger partial charge in [0, 0.05) is 45.5 Å². The van der Waals surface area contributed by atoms with Gasteiger partial charge >= 0.3 is 11.8 Å². The molecule has 21 heavy (non-hydrogen) atoms. The first-order valence-electron chi connectivity index (χ1n) is 7.10. The monoisotopic (exact) mass is 291 g/mol. The van der Waals surface area contributed by atoms with Gasteiger partial charge in [-0.25, -0.2) is 4.98 Å². The van der Waals surface area contributed by atoms with Crippen LogP contribution in [0.3, 0.4) is 0 Å². The average Bonchev–Trinajstić information content (AvgIpc) is 2.48. The van der Waals surface area contributed by atoms with E-state index in [4.69, 9.17) is 0 Å². The second kappa shape index (κ2) is 7.70. The number of rotatable bonds is 4. The van der Waals surface area contributed by atoms with Crippen LogP contribution < -0.4 is 16.0 Å². The fourth-order valence-electron chi connectivity index (χ4n) is 2.12. The molecule has 2 rings (SSSR count). The molecule has 0 bridgehead atoms. The maximum absolute atomic E-state index is 11.7. The molecule has 3 N–H and O–H groups in total. The van der Waals surface area contributed by atoms with E-state index in [1.165, 1.54) is 0 Å². The minimum absolute atomic E-state index is 0.386. The number of carbonyl (C=O) groups excluding carboxylic acids is 2. The number of aromatic nitrogens is 1. The molecule has 0 aromatic carbocycles. The Hall–Kier alpha value is -1.99. The topological polar surface area (TPSA) is 86.4 Å². The van der Waals surface area contributed by atoms with Gasteiger partial charge in [-0.15, -0.1) is 0 Å². The minimum Gasteiger partial charge on any atom is -0.347 e. The lowest BCUT2D eigenvalue weighted by Gasteiger charge is -2.26. The molecule has 0 unspecified atom stereocenters. The van der Waals surface area contributed by atoms with E-state index in [2.05, 4.69) is 25.8 Å². The predicted octanol–water partition coefficient (Wildman–Crippen LogP) is -0.650. The van der Waals surface area contributed by atoms with E-state index >= 15 is 0 Å². The number of hydrogen-bond donors (Lipinski definition) is 3. The van der Waals surface area contributed by atoms with Gasteiger partial charge in [0.05, 0.1) is 0 Å². The van der Waals surface area contributed by atoms with Crippen molar-refractivity contribution >= 4 is 17.6 Å². The summed E-state index contributed by atoms with van der Waals surface area (Å²) in [5, 5.41) is 8.37. The van der Waals surface area contributed by atoms with Gasteiger partial charge in [-0.1, -0.05) is 0 Å².